The van der Waals surface area contributed by atoms with Gasteiger partial charge in [0.15, 0.2) is 0 Å². The molecule has 320 valence electrons. The highest BCUT2D eigenvalue weighted by Crippen LogP contribution is 2.44. The van der Waals surface area contributed by atoms with Crippen molar-refractivity contribution in [1.29, 1.82) is 5.26 Å². The number of para-hydroxylation sites is 2. The molecule has 0 aliphatic heterocycles. The van der Waals surface area contributed by atoms with Crippen molar-refractivity contribution in [3.8, 4) is 50.8 Å². The van der Waals surface area contributed by atoms with Crippen LogP contribution in [0.3, 0.4) is 0 Å². The van der Waals surface area contributed by atoms with Gasteiger partial charge in [0, 0.05) is 38.9 Å². The van der Waals surface area contributed by atoms with E-state index in [0.717, 1.165) is 33.9 Å². The van der Waals surface area contributed by atoms with E-state index in [4.69, 9.17) is 0 Å². The quantitative estimate of drug-likeness (QED) is 0.162. The highest BCUT2D eigenvalue weighted by Gasteiger charge is 2.37. The molecule has 3 heterocycles. The fourth-order valence-corrected chi connectivity index (χ4v) is 8.87. The van der Waals surface area contributed by atoms with Crippen LogP contribution < -0.4 is 0 Å². The lowest BCUT2D eigenvalue weighted by atomic mass is 9.97. The van der Waals surface area contributed by atoms with Crippen molar-refractivity contribution in [3.63, 3.8) is 0 Å². The highest BCUT2D eigenvalue weighted by atomic mass is 19.4. The first-order valence-electron chi connectivity index (χ1n) is 20.0. The summed E-state index contributed by atoms with van der Waals surface area (Å²) in [5.74, 6) is 0. The molecule has 0 amide bonds. The molecule has 0 spiro atoms. The van der Waals surface area contributed by atoms with Gasteiger partial charge in [0.05, 0.1) is 68.0 Å². The second kappa shape index (κ2) is 14.9. The molecule has 0 aliphatic rings. The average Bonchev–Trinajstić information content (AvgIpc) is 3.79. The lowest BCUT2D eigenvalue weighted by Gasteiger charge is -2.18. The van der Waals surface area contributed by atoms with Gasteiger partial charge in [-0.05, 0) is 126 Å². The summed E-state index contributed by atoms with van der Waals surface area (Å²) in [6.45, 7) is 1.62. The maximum Gasteiger partial charge on any atom is 0.416 e. The SMILES string of the molecule is Cc1cc(-c2ccc3c(c2)c2ccccc2n3-c2ccc(C#N)cc2-c2ccncc2-n2c3ccccc3c3cc(-c4cc(C(F)(F)F)cc(C(F)(F)F)c4)ccc32)cc(C(F)(F)F)c1. The number of aromatic nitrogens is 3. The number of aryl methyl sites for hydroxylation is 1. The summed E-state index contributed by atoms with van der Waals surface area (Å²) < 4.78 is 129. The Kier molecular flexibility index (Phi) is 9.42. The third-order valence-corrected chi connectivity index (χ3v) is 11.7. The van der Waals surface area contributed by atoms with E-state index in [9.17, 15) is 44.8 Å². The summed E-state index contributed by atoms with van der Waals surface area (Å²) >= 11 is 0. The van der Waals surface area contributed by atoms with E-state index in [2.05, 4.69) is 11.1 Å². The summed E-state index contributed by atoms with van der Waals surface area (Å²) in [5, 5.41) is 13.0. The molecule has 0 saturated heterocycles. The third kappa shape index (κ3) is 7.11. The molecule has 7 aromatic carbocycles. The Labute approximate surface area is 363 Å². The molecule has 10 aromatic rings. The number of hydrogen-bond acceptors (Lipinski definition) is 2. The van der Waals surface area contributed by atoms with Crippen LogP contribution in [0, 0.1) is 18.3 Å². The predicted octanol–water partition coefficient (Wildman–Crippen LogP) is 15.5. The average molecular weight is 881 g/mol. The van der Waals surface area contributed by atoms with Gasteiger partial charge in [0.25, 0.3) is 0 Å². The Morgan fingerprint density at radius 1 is 0.446 bits per heavy atom. The van der Waals surface area contributed by atoms with E-state index in [1.807, 2.05) is 69.8 Å². The Balaban J connectivity index is 1.18. The number of alkyl halides is 9. The second-order valence-electron chi connectivity index (χ2n) is 15.8. The van der Waals surface area contributed by atoms with Gasteiger partial charge >= 0.3 is 18.5 Å². The van der Waals surface area contributed by atoms with Crippen LogP contribution in [0.2, 0.25) is 0 Å². The second-order valence-corrected chi connectivity index (χ2v) is 15.8. The number of benzene rings is 7. The Hall–Kier alpha value is -7.85. The van der Waals surface area contributed by atoms with Crippen LogP contribution in [0.4, 0.5) is 39.5 Å². The number of fused-ring (bicyclic) bond motifs is 6. The zero-order valence-corrected chi connectivity index (χ0v) is 33.7. The molecule has 65 heavy (non-hydrogen) atoms. The van der Waals surface area contributed by atoms with Crippen LogP contribution in [-0.2, 0) is 18.5 Å². The summed E-state index contributed by atoms with van der Waals surface area (Å²) in [6, 6.07) is 39.9. The predicted molar refractivity (Wildman–Crippen MR) is 234 cm³/mol. The van der Waals surface area contributed by atoms with E-state index in [1.165, 1.54) is 6.07 Å². The van der Waals surface area contributed by atoms with E-state index in [-0.39, 0.29) is 17.2 Å². The maximum absolute atomic E-state index is 13.9. The van der Waals surface area contributed by atoms with Crippen molar-refractivity contribution in [3.05, 3.63) is 186 Å². The van der Waals surface area contributed by atoms with Gasteiger partial charge in [-0.3, -0.25) is 4.98 Å². The molecular weight excluding hydrogens is 852 g/mol. The maximum atomic E-state index is 13.9. The van der Waals surface area contributed by atoms with E-state index in [1.54, 1.807) is 67.8 Å². The number of hydrogen-bond donors (Lipinski definition) is 0. The molecule has 0 atom stereocenters. The normalized spacial score (nSPS) is 12.4. The van der Waals surface area contributed by atoms with Crippen LogP contribution in [0.5, 0.6) is 0 Å². The van der Waals surface area contributed by atoms with Crippen molar-refractivity contribution in [2.24, 2.45) is 0 Å². The minimum Gasteiger partial charge on any atom is -0.309 e. The molecule has 0 saturated carbocycles. The lowest BCUT2D eigenvalue weighted by molar-refractivity contribution is -0.143. The van der Waals surface area contributed by atoms with Crippen LogP contribution in [0.15, 0.2) is 158 Å². The van der Waals surface area contributed by atoms with Crippen molar-refractivity contribution >= 4 is 43.6 Å². The fraction of sp³-hybridized carbons (Fsp3) is 0.0769. The van der Waals surface area contributed by atoms with Gasteiger partial charge in [-0.1, -0.05) is 54.6 Å². The van der Waals surface area contributed by atoms with Gasteiger partial charge in [0.2, 0.25) is 0 Å². The number of nitriles is 1. The Bertz CT molecular complexity index is 3570. The van der Waals surface area contributed by atoms with Gasteiger partial charge < -0.3 is 9.13 Å². The fourth-order valence-electron chi connectivity index (χ4n) is 8.87. The molecule has 13 heteroatoms. The topological polar surface area (TPSA) is 46.5 Å². The smallest absolute Gasteiger partial charge is 0.309 e. The van der Waals surface area contributed by atoms with Crippen LogP contribution in [0.1, 0.15) is 27.8 Å². The number of halogens is 9. The molecule has 10 rings (SSSR count). The monoisotopic (exact) mass is 880 g/mol. The molecule has 0 fully saturated rings. The highest BCUT2D eigenvalue weighted by molar-refractivity contribution is 6.12. The summed E-state index contributed by atoms with van der Waals surface area (Å²) in [7, 11) is 0. The van der Waals surface area contributed by atoms with Gasteiger partial charge in [-0.2, -0.15) is 44.8 Å². The number of pyridine rings is 1. The van der Waals surface area contributed by atoms with Crippen LogP contribution >= 0.6 is 0 Å². The molecule has 0 bridgehead atoms. The molecule has 0 unspecified atom stereocenters. The van der Waals surface area contributed by atoms with Crippen molar-refractivity contribution in [2.45, 2.75) is 25.5 Å². The third-order valence-electron chi connectivity index (χ3n) is 11.7. The summed E-state index contributed by atoms with van der Waals surface area (Å²) in [6.07, 6.45) is -11.3. The van der Waals surface area contributed by atoms with Crippen molar-refractivity contribution in [1.82, 2.24) is 14.1 Å². The summed E-state index contributed by atoms with van der Waals surface area (Å²) in [4.78, 5) is 4.50. The van der Waals surface area contributed by atoms with Crippen molar-refractivity contribution in [2.75, 3.05) is 0 Å². The zero-order valence-electron chi connectivity index (χ0n) is 33.7. The molecule has 0 N–H and O–H groups in total. The minimum atomic E-state index is -5.03. The van der Waals surface area contributed by atoms with Crippen molar-refractivity contribution < 1.29 is 39.5 Å². The van der Waals surface area contributed by atoms with Crippen LogP contribution in [0.25, 0.3) is 88.4 Å². The van der Waals surface area contributed by atoms with Gasteiger partial charge in [-0.25, -0.2) is 0 Å². The molecule has 4 nitrogen and oxygen atoms in total. The largest absolute Gasteiger partial charge is 0.416 e. The van der Waals surface area contributed by atoms with E-state index in [0.29, 0.717) is 78.7 Å². The summed E-state index contributed by atoms with van der Waals surface area (Å²) in [5.41, 5.74) is 3.37. The Morgan fingerprint density at radius 3 is 1.48 bits per heavy atom. The van der Waals surface area contributed by atoms with Gasteiger partial charge in [0.1, 0.15) is 0 Å². The molecule has 0 aliphatic carbocycles. The molecule has 0 radical (unpaired) electrons. The standard InChI is InChI=1S/C52H29F9N4/c1-29-18-33(21-35(19-29)50(53,54)55)31-11-14-47-42(24-31)38-6-2-4-8-44(38)64(47)46-13-10-30(27-62)20-41(46)40-16-17-63-28-49(40)65-45-9-5-3-7-39(45)43-25-32(12-15-48(43)65)34-22-36(51(56,57)58)26-37(23-34)52(59,60)61/h2-26,28H,1H3. The van der Waals surface area contributed by atoms with E-state index < -0.39 is 35.2 Å². The van der Waals surface area contributed by atoms with E-state index >= 15 is 0 Å². The zero-order chi connectivity index (χ0) is 45.6. The lowest BCUT2D eigenvalue weighted by Crippen LogP contribution is -2.11. The first kappa shape index (κ1) is 41.2. The minimum absolute atomic E-state index is 0.103. The molecular formula is C52H29F9N4. The number of rotatable bonds is 5. The Morgan fingerprint density at radius 2 is 0.938 bits per heavy atom. The molecule has 3 aromatic heterocycles. The van der Waals surface area contributed by atoms with Gasteiger partial charge in [-0.15, -0.1) is 0 Å². The first-order chi connectivity index (χ1) is 31.0. The number of nitrogens with zero attached hydrogens (tertiary/aromatic N) is 4. The first-order valence-corrected chi connectivity index (χ1v) is 20.0. The van der Waals surface area contributed by atoms with Crippen LogP contribution in [-0.4, -0.2) is 14.1 Å².